The van der Waals surface area contributed by atoms with Crippen molar-refractivity contribution in [2.24, 2.45) is 0 Å². The van der Waals surface area contributed by atoms with Crippen molar-refractivity contribution in [1.82, 2.24) is 10.2 Å². The zero-order chi connectivity index (χ0) is 29.5. The van der Waals surface area contributed by atoms with Gasteiger partial charge in [-0.25, -0.2) is 19.2 Å². The highest BCUT2D eigenvalue weighted by molar-refractivity contribution is 5.91. The molecule has 3 aromatic carbocycles. The van der Waals surface area contributed by atoms with Crippen molar-refractivity contribution < 1.29 is 43.2 Å². The predicted molar refractivity (Wildman–Crippen MR) is 147 cm³/mol. The van der Waals surface area contributed by atoms with Crippen LogP contribution >= 0.6 is 0 Å². The molecule has 2 aliphatic rings. The fraction of sp³-hybridized carbons (Fsp3) is 0.226. The van der Waals surface area contributed by atoms with E-state index in [-0.39, 0.29) is 17.7 Å². The number of benzene rings is 3. The lowest BCUT2D eigenvalue weighted by atomic mass is 10.1. The summed E-state index contributed by atoms with van der Waals surface area (Å²) in [5, 5.41) is 12.6. The van der Waals surface area contributed by atoms with Crippen molar-refractivity contribution in [1.29, 1.82) is 0 Å². The lowest BCUT2D eigenvalue weighted by Gasteiger charge is -2.29. The van der Waals surface area contributed by atoms with Crippen LogP contribution in [0.3, 0.4) is 0 Å². The lowest BCUT2D eigenvalue weighted by Crippen LogP contribution is -2.50. The second kappa shape index (κ2) is 13.1. The highest BCUT2D eigenvalue weighted by atomic mass is 16.7. The number of carbonyl (C=O) groups is 4. The predicted octanol–water partition coefficient (Wildman–Crippen LogP) is 2.92. The largest absolute Gasteiger partial charge is 0.459 e. The third kappa shape index (κ3) is 6.65. The molecule has 0 radical (unpaired) electrons. The number of hydrogen-bond donors (Lipinski definition) is 2. The minimum Gasteiger partial charge on any atom is -0.459 e. The van der Waals surface area contributed by atoms with Crippen LogP contribution in [0.5, 0.6) is 0 Å². The SMILES string of the molecule is O=C(OC[C@H]1O[C@@H](N2C=CC(O)CNC2=O)[C@H](OC(=O)c2ccccc2)[C@@H]1OC(=O)c1ccccc1)c1ccccc1. The molecule has 11 heteroatoms. The molecular formula is C31H28N2O9. The number of aliphatic hydroxyl groups excluding tert-OH is 1. The molecule has 1 saturated heterocycles. The molecule has 11 nitrogen and oxygen atoms in total. The molecule has 2 heterocycles. The molecule has 0 aliphatic carbocycles. The lowest BCUT2D eigenvalue weighted by molar-refractivity contribution is -0.0722. The summed E-state index contributed by atoms with van der Waals surface area (Å²) < 4.78 is 23.3. The Morgan fingerprint density at radius 3 is 1.83 bits per heavy atom. The molecule has 5 atom stereocenters. The highest BCUT2D eigenvalue weighted by Gasteiger charge is 2.53. The summed E-state index contributed by atoms with van der Waals surface area (Å²) in [6.07, 6.45) is -3.41. The number of hydrogen-bond acceptors (Lipinski definition) is 9. The zero-order valence-corrected chi connectivity index (χ0v) is 22.3. The van der Waals surface area contributed by atoms with E-state index in [1.807, 2.05) is 0 Å². The van der Waals surface area contributed by atoms with Gasteiger partial charge in [-0.1, -0.05) is 54.6 Å². The molecule has 0 saturated carbocycles. The molecule has 2 aliphatic heterocycles. The Morgan fingerprint density at radius 1 is 0.786 bits per heavy atom. The molecule has 0 bridgehead atoms. The minimum absolute atomic E-state index is 0.0580. The van der Waals surface area contributed by atoms with Crippen molar-refractivity contribution in [3.8, 4) is 0 Å². The van der Waals surface area contributed by atoms with Crippen molar-refractivity contribution >= 4 is 23.9 Å². The van der Waals surface area contributed by atoms with Crippen LogP contribution in [0.4, 0.5) is 4.79 Å². The van der Waals surface area contributed by atoms with Crippen LogP contribution < -0.4 is 5.32 Å². The number of rotatable bonds is 8. The van der Waals surface area contributed by atoms with Crippen LogP contribution in [0.15, 0.2) is 103 Å². The topological polar surface area (TPSA) is 141 Å². The van der Waals surface area contributed by atoms with Gasteiger partial charge < -0.3 is 29.4 Å². The molecule has 1 fully saturated rings. The number of β-amino-alcohol motifs (C(OH)–C–C–N with tert-alkyl or cyclic N) is 1. The third-order valence-electron chi connectivity index (χ3n) is 6.62. The molecule has 42 heavy (non-hydrogen) atoms. The van der Waals surface area contributed by atoms with Crippen LogP contribution in [-0.2, 0) is 18.9 Å². The summed E-state index contributed by atoms with van der Waals surface area (Å²) in [6, 6.07) is 23.9. The van der Waals surface area contributed by atoms with E-state index >= 15 is 0 Å². The van der Waals surface area contributed by atoms with E-state index in [9.17, 15) is 24.3 Å². The molecule has 5 rings (SSSR count). The van der Waals surface area contributed by atoms with Crippen LogP contribution in [-0.4, -0.2) is 77.7 Å². The Balaban J connectivity index is 1.47. The monoisotopic (exact) mass is 572 g/mol. The Morgan fingerprint density at radius 2 is 1.29 bits per heavy atom. The summed E-state index contributed by atoms with van der Waals surface area (Å²) >= 11 is 0. The second-order valence-electron chi connectivity index (χ2n) is 9.50. The van der Waals surface area contributed by atoms with E-state index in [4.69, 9.17) is 18.9 Å². The van der Waals surface area contributed by atoms with Crippen LogP contribution in [0.25, 0.3) is 0 Å². The van der Waals surface area contributed by atoms with Crippen LogP contribution in [0.2, 0.25) is 0 Å². The number of esters is 3. The first-order valence-corrected chi connectivity index (χ1v) is 13.2. The van der Waals surface area contributed by atoms with Crippen molar-refractivity contribution in [2.75, 3.05) is 13.2 Å². The summed E-state index contributed by atoms with van der Waals surface area (Å²) in [6.45, 7) is -0.449. The molecule has 3 aromatic rings. The van der Waals surface area contributed by atoms with Gasteiger partial charge in [0.1, 0.15) is 12.7 Å². The number of urea groups is 1. The fourth-order valence-electron chi connectivity index (χ4n) is 4.49. The number of amides is 2. The van der Waals surface area contributed by atoms with Gasteiger partial charge in [-0.05, 0) is 42.5 Å². The average molecular weight is 573 g/mol. The van der Waals surface area contributed by atoms with E-state index in [1.54, 1.807) is 91.0 Å². The minimum atomic E-state index is -1.35. The second-order valence-corrected chi connectivity index (χ2v) is 9.50. The van der Waals surface area contributed by atoms with Gasteiger partial charge >= 0.3 is 23.9 Å². The fourth-order valence-corrected chi connectivity index (χ4v) is 4.49. The quantitative estimate of drug-likeness (QED) is 0.308. The maximum absolute atomic E-state index is 13.2. The van der Waals surface area contributed by atoms with Crippen LogP contribution in [0, 0.1) is 0 Å². The first kappa shape index (κ1) is 28.5. The summed E-state index contributed by atoms with van der Waals surface area (Å²) in [5.74, 6) is -2.14. The zero-order valence-electron chi connectivity index (χ0n) is 22.3. The Bertz CT molecular complexity index is 1430. The van der Waals surface area contributed by atoms with E-state index in [0.29, 0.717) is 5.56 Å². The van der Waals surface area contributed by atoms with E-state index < -0.39 is 61.2 Å². The summed E-state index contributed by atoms with van der Waals surface area (Å²) in [4.78, 5) is 53.2. The smallest absolute Gasteiger partial charge is 0.338 e. The number of ether oxygens (including phenoxy) is 4. The van der Waals surface area contributed by atoms with Gasteiger partial charge in [-0.2, -0.15) is 0 Å². The van der Waals surface area contributed by atoms with Gasteiger partial charge in [0.15, 0.2) is 18.4 Å². The van der Waals surface area contributed by atoms with Gasteiger partial charge in [0, 0.05) is 12.7 Å². The maximum Gasteiger partial charge on any atom is 0.338 e. The Kier molecular flexibility index (Phi) is 8.90. The number of nitrogens with zero attached hydrogens (tertiary/aromatic N) is 1. The van der Waals surface area contributed by atoms with Gasteiger partial charge in [-0.3, -0.25) is 4.90 Å². The number of nitrogens with one attached hydrogen (secondary N) is 1. The Labute approximate surface area is 241 Å². The molecule has 1 unspecified atom stereocenters. The first-order chi connectivity index (χ1) is 20.4. The number of carbonyl (C=O) groups excluding carboxylic acids is 4. The van der Waals surface area contributed by atoms with Crippen LogP contribution in [0.1, 0.15) is 31.1 Å². The van der Waals surface area contributed by atoms with Crippen molar-refractivity contribution in [3.63, 3.8) is 0 Å². The molecule has 2 N–H and O–H groups in total. The first-order valence-electron chi connectivity index (χ1n) is 13.2. The standard InChI is InChI=1S/C31H28N2O9/c34-23-16-17-33(31(38)32-18-23)27-26(42-30(37)22-14-8-3-9-15-22)25(41-29(36)21-12-6-2-7-13-21)24(40-27)19-39-28(35)20-10-4-1-5-11-20/h1-17,23-27,34H,18-19H2,(H,32,38)/t23?,24-,25-,26-,27-/m1/s1. The van der Waals surface area contributed by atoms with Gasteiger partial charge in [0.05, 0.1) is 22.8 Å². The van der Waals surface area contributed by atoms with Gasteiger partial charge in [-0.15, -0.1) is 0 Å². The van der Waals surface area contributed by atoms with Crippen molar-refractivity contribution in [2.45, 2.75) is 30.6 Å². The highest BCUT2D eigenvalue weighted by Crippen LogP contribution is 2.32. The van der Waals surface area contributed by atoms with E-state index in [0.717, 1.165) is 4.90 Å². The van der Waals surface area contributed by atoms with E-state index in [2.05, 4.69) is 5.32 Å². The molecule has 2 amide bonds. The molecule has 216 valence electrons. The maximum atomic E-state index is 13.2. The normalized spacial score (nSPS) is 23.4. The third-order valence-corrected chi connectivity index (χ3v) is 6.62. The molecule has 0 aromatic heterocycles. The summed E-state index contributed by atoms with van der Waals surface area (Å²) in [5.41, 5.74) is 0.736. The number of aliphatic hydroxyl groups is 1. The van der Waals surface area contributed by atoms with Gasteiger partial charge in [0.2, 0.25) is 0 Å². The van der Waals surface area contributed by atoms with Gasteiger partial charge in [0.25, 0.3) is 0 Å². The molecular weight excluding hydrogens is 544 g/mol. The Hall–Kier alpha value is -5.00. The van der Waals surface area contributed by atoms with Crippen molar-refractivity contribution in [3.05, 3.63) is 120 Å². The summed E-state index contributed by atoms with van der Waals surface area (Å²) in [7, 11) is 0. The molecule has 0 spiro atoms. The average Bonchev–Trinajstić information content (AvgIpc) is 3.25. The van der Waals surface area contributed by atoms with E-state index in [1.165, 1.54) is 12.3 Å².